The Bertz CT molecular complexity index is 704. The van der Waals surface area contributed by atoms with E-state index in [4.69, 9.17) is 4.74 Å². The van der Waals surface area contributed by atoms with Crippen molar-refractivity contribution >= 4 is 16.9 Å². The molecule has 7 heteroatoms. The zero-order chi connectivity index (χ0) is 16.4. The molecule has 2 amide bonds. The van der Waals surface area contributed by atoms with Gasteiger partial charge in [-0.1, -0.05) is 0 Å². The van der Waals surface area contributed by atoms with E-state index >= 15 is 0 Å². The molecule has 5 nitrogen and oxygen atoms in total. The smallest absolute Gasteiger partial charge is 0.317 e. The molecule has 2 heterocycles. The van der Waals surface area contributed by atoms with Crippen LogP contribution in [-0.4, -0.2) is 42.0 Å². The number of H-pyrrole nitrogens is 1. The first kappa shape index (κ1) is 15.6. The Balaban J connectivity index is 1.59. The largest absolute Gasteiger partial charge is 0.497 e. The van der Waals surface area contributed by atoms with E-state index in [2.05, 4.69) is 10.3 Å². The molecule has 1 aromatic carbocycles. The molecule has 0 atom stereocenters. The van der Waals surface area contributed by atoms with Crippen LogP contribution in [-0.2, 0) is 6.54 Å². The second-order valence-corrected chi connectivity index (χ2v) is 5.75. The summed E-state index contributed by atoms with van der Waals surface area (Å²) in [5, 5.41) is 3.76. The second-order valence-electron chi connectivity index (χ2n) is 5.75. The van der Waals surface area contributed by atoms with Gasteiger partial charge < -0.3 is 19.9 Å². The second kappa shape index (κ2) is 6.06. The van der Waals surface area contributed by atoms with Gasteiger partial charge in [-0.3, -0.25) is 0 Å². The molecule has 2 N–H and O–H groups in total. The van der Waals surface area contributed by atoms with Gasteiger partial charge in [0.15, 0.2) is 0 Å². The van der Waals surface area contributed by atoms with Gasteiger partial charge in [0.05, 0.1) is 13.7 Å². The predicted octanol–water partition coefficient (Wildman–Crippen LogP) is 3.12. The molecule has 23 heavy (non-hydrogen) atoms. The van der Waals surface area contributed by atoms with E-state index in [1.807, 2.05) is 24.3 Å². The maximum Gasteiger partial charge on any atom is 0.317 e. The number of halogens is 2. The number of alkyl halides is 2. The van der Waals surface area contributed by atoms with Gasteiger partial charge >= 0.3 is 6.03 Å². The first-order valence-corrected chi connectivity index (χ1v) is 7.53. The van der Waals surface area contributed by atoms with Crippen molar-refractivity contribution in [3.63, 3.8) is 0 Å². The summed E-state index contributed by atoms with van der Waals surface area (Å²) in [6.07, 6.45) is -0.542. The van der Waals surface area contributed by atoms with Crippen molar-refractivity contribution in [1.29, 1.82) is 0 Å². The standard InChI is InChI=1S/C16H19F2N3O2/c1-23-13-2-3-14-11(9-13)8-12(20-14)10-19-15(22)21-6-4-16(17,18)5-7-21/h2-3,8-9,20H,4-7,10H2,1H3,(H,19,22). The molecule has 0 unspecified atom stereocenters. The number of ether oxygens (including phenoxy) is 1. The number of likely N-dealkylation sites (tertiary alicyclic amines) is 1. The molecule has 1 fully saturated rings. The summed E-state index contributed by atoms with van der Waals surface area (Å²) in [7, 11) is 1.61. The molecular weight excluding hydrogens is 304 g/mol. The van der Waals surface area contributed by atoms with Gasteiger partial charge in [0.25, 0.3) is 5.92 Å². The first-order valence-electron chi connectivity index (χ1n) is 7.53. The zero-order valence-electron chi connectivity index (χ0n) is 12.9. The summed E-state index contributed by atoms with van der Waals surface area (Å²) < 4.78 is 31.4. The Morgan fingerprint density at radius 3 is 2.78 bits per heavy atom. The van der Waals surface area contributed by atoms with E-state index < -0.39 is 5.92 Å². The molecule has 1 saturated heterocycles. The topological polar surface area (TPSA) is 57.4 Å². The van der Waals surface area contributed by atoms with Crippen LogP contribution in [0.1, 0.15) is 18.5 Å². The maximum absolute atomic E-state index is 13.1. The number of hydrogen-bond donors (Lipinski definition) is 2. The van der Waals surface area contributed by atoms with Crippen LogP contribution in [0.4, 0.5) is 13.6 Å². The van der Waals surface area contributed by atoms with E-state index in [0.29, 0.717) is 6.54 Å². The first-order chi connectivity index (χ1) is 11.0. The van der Waals surface area contributed by atoms with Crippen molar-refractivity contribution in [2.75, 3.05) is 20.2 Å². The minimum Gasteiger partial charge on any atom is -0.497 e. The number of benzene rings is 1. The quantitative estimate of drug-likeness (QED) is 0.912. The summed E-state index contributed by atoms with van der Waals surface area (Å²) in [5.41, 5.74) is 1.80. The number of carbonyl (C=O) groups excluding carboxylic acids is 1. The van der Waals surface area contributed by atoms with Crippen LogP contribution in [0.5, 0.6) is 5.75 Å². The van der Waals surface area contributed by atoms with Gasteiger partial charge in [-0.25, -0.2) is 13.6 Å². The molecule has 0 radical (unpaired) electrons. The van der Waals surface area contributed by atoms with Crippen molar-refractivity contribution < 1.29 is 18.3 Å². The van der Waals surface area contributed by atoms with Crippen LogP contribution in [0.25, 0.3) is 10.9 Å². The van der Waals surface area contributed by atoms with Crippen molar-refractivity contribution in [3.05, 3.63) is 30.0 Å². The number of methoxy groups -OCH3 is 1. The molecule has 1 aromatic heterocycles. The normalized spacial score (nSPS) is 17.3. The third-order valence-corrected chi connectivity index (χ3v) is 4.10. The Morgan fingerprint density at radius 2 is 2.09 bits per heavy atom. The fourth-order valence-electron chi connectivity index (χ4n) is 2.71. The molecule has 124 valence electrons. The van der Waals surface area contributed by atoms with Gasteiger partial charge in [-0.2, -0.15) is 0 Å². The van der Waals surface area contributed by atoms with E-state index in [0.717, 1.165) is 22.3 Å². The number of rotatable bonds is 3. The Kier molecular flexibility index (Phi) is 4.11. The summed E-state index contributed by atoms with van der Waals surface area (Å²) >= 11 is 0. The average molecular weight is 323 g/mol. The number of aromatic amines is 1. The number of amides is 2. The fraction of sp³-hybridized carbons (Fsp3) is 0.438. The fourth-order valence-corrected chi connectivity index (χ4v) is 2.71. The molecular formula is C16H19F2N3O2. The minimum atomic E-state index is -2.65. The van der Waals surface area contributed by atoms with Gasteiger partial charge in [0.2, 0.25) is 0 Å². The highest BCUT2D eigenvalue weighted by molar-refractivity contribution is 5.82. The van der Waals surface area contributed by atoms with Gasteiger partial charge in [-0.15, -0.1) is 0 Å². The number of nitrogens with zero attached hydrogens (tertiary/aromatic N) is 1. The number of piperidine rings is 1. The molecule has 0 saturated carbocycles. The maximum atomic E-state index is 13.1. The lowest BCUT2D eigenvalue weighted by atomic mass is 10.1. The van der Waals surface area contributed by atoms with Gasteiger partial charge in [0.1, 0.15) is 5.75 Å². The van der Waals surface area contributed by atoms with E-state index in [9.17, 15) is 13.6 Å². The van der Waals surface area contributed by atoms with E-state index in [-0.39, 0.29) is 32.0 Å². The van der Waals surface area contributed by atoms with Crippen LogP contribution in [0.15, 0.2) is 24.3 Å². The Hall–Kier alpha value is -2.31. The zero-order valence-corrected chi connectivity index (χ0v) is 12.9. The highest BCUT2D eigenvalue weighted by Crippen LogP contribution is 2.27. The molecule has 3 rings (SSSR count). The Morgan fingerprint density at radius 1 is 1.35 bits per heavy atom. The van der Waals surface area contributed by atoms with Crippen LogP contribution in [0, 0.1) is 0 Å². The van der Waals surface area contributed by atoms with Crippen molar-refractivity contribution in [1.82, 2.24) is 15.2 Å². The van der Waals surface area contributed by atoms with Crippen LogP contribution in [0.3, 0.4) is 0 Å². The molecule has 0 bridgehead atoms. The van der Waals surface area contributed by atoms with E-state index in [1.165, 1.54) is 4.90 Å². The lowest BCUT2D eigenvalue weighted by molar-refractivity contribution is -0.0469. The molecule has 2 aromatic rings. The number of urea groups is 1. The number of aromatic nitrogens is 1. The molecule has 0 aliphatic carbocycles. The summed E-state index contributed by atoms with van der Waals surface area (Å²) in [6.45, 7) is 0.494. The van der Waals surface area contributed by atoms with Crippen LogP contribution in [0.2, 0.25) is 0 Å². The average Bonchev–Trinajstić information content (AvgIpc) is 2.94. The third-order valence-electron chi connectivity index (χ3n) is 4.10. The lowest BCUT2D eigenvalue weighted by Gasteiger charge is -2.31. The van der Waals surface area contributed by atoms with Gasteiger partial charge in [0, 0.05) is 42.5 Å². The molecule has 0 spiro atoms. The third kappa shape index (κ3) is 3.55. The van der Waals surface area contributed by atoms with Crippen molar-refractivity contribution in [3.8, 4) is 5.75 Å². The van der Waals surface area contributed by atoms with Crippen LogP contribution >= 0.6 is 0 Å². The summed E-state index contributed by atoms with van der Waals surface area (Å²) in [5.74, 6) is -1.88. The molecule has 1 aliphatic heterocycles. The highest BCUT2D eigenvalue weighted by atomic mass is 19.3. The number of carbonyl (C=O) groups is 1. The van der Waals surface area contributed by atoms with Crippen LogP contribution < -0.4 is 10.1 Å². The number of hydrogen-bond acceptors (Lipinski definition) is 2. The minimum absolute atomic E-state index is 0.0860. The SMILES string of the molecule is COc1ccc2[nH]c(CNC(=O)N3CCC(F)(F)CC3)cc2c1. The predicted molar refractivity (Wildman–Crippen MR) is 82.8 cm³/mol. The van der Waals surface area contributed by atoms with Crippen molar-refractivity contribution in [2.45, 2.75) is 25.3 Å². The Labute approximate surface area is 132 Å². The number of fused-ring (bicyclic) bond motifs is 1. The monoisotopic (exact) mass is 323 g/mol. The highest BCUT2D eigenvalue weighted by Gasteiger charge is 2.35. The summed E-state index contributed by atoms with van der Waals surface area (Å²) in [4.78, 5) is 16.7. The lowest BCUT2D eigenvalue weighted by Crippen LogP contribution is -2.47. The van der Waals surface area contributed by atoms with Gasteiger partial charge in [-0.05, 0) is 24.3 Å². The van der Waals surface area contributed by atoms with Crippen molar-refractivity contribution in [2.24, 2.45) is 0 Å². The molecule has 1 aliphatic rings. The summed E-state index contributed by atoms with van der Waals surface area (Å²) in [6, 6.07) is 7.30. The van der Waals surface area contributed by atoms with E-state index in [1.54, 1.807) is 7.11 Å². The number of nitrogens with one attached hydrogen (secondary N) is 2.